The molecule has 0 spiro atoms. The second-order valence-corrected chi connectivity index (χ2v) is 8.68. The third kappa shape index (κ3) is 4.87. The zero-order valence-electron chi connectivity index (χ0n) is 15.8. The molecule has 1 aliphatic rings. The van der Waals surface area contributed by atoms with E-state index in [1.165, 1.54) is 6.07 Å². The first kappa shape index (κ1) is 23.1. The fourth-order valence-corrected chi connectivity index (χ4v) is 4.57. The summed E-state index contributed by atoms with van der Waals surface area (Å²) in [5.41, 5.74) is 0.844. The quantitative estimate of drug-likeness (QED) is 0.691. The van der Waals surface area contributed by atoms with E-state index in [-0.39, 0.29) is 4.90 Å². The van der Waals surface area contributed by atoms with Crippen molar-refractivity contribution in [2.24, 2.45) is 0 Å². The van der Waals surface area contributed by atoms with Crippen LogP contribution in [0.25, 0.3) is 10.8 Å². The number of amides is 1. The normalized spacial score (nSPS) is 15.9. The molecule has 3 rings (SSSR count). The van der Waals surface area contributed by atoms with Gasteiger partial charge in [-0.3, -0.25) is 0 Å². The van der Waals surface area contributed by atoms with Crippen molar-refractivity contribution in [2.45, 2.75) is 36.3 Å². The molecule has 1 N–H and O–H groups in total. The molecule has 1 saturated heterocycles. The smallest absolute Gasteiger partial charge is 0.426 e. The maximum Gasteiger partial charge on any atom is 0.434 e. The Hall–Kier alpha value is -2.54. The Kier molecular flexibility index (Phi) is 5.86. The van der Waals surface area contributed by atoms with Crippen LogP contribution in [0, 0.1) is 6.92 Å². The molecule has 2 aromatic rings. The molecule has 2 aromatic carbocycles. The summed E-state index contributed by atoms with van der Waals surface area (Å²) in [7, 11) is -4.07. The predicted molar refractivity (Wildman–Crippen MR) is 96.7 cm³/mol. The zero-order valence-corrected chi connectivity index (χ0v) is 16.6. The minimum atomic E-state index is -5.83. The molecule has 1 fully saturated rings. The van der Waals surface area contributed by atoms with Crippen molar-refractivity contribution in [2.75, 3.05) is 13.1 Å². The summed E-state index contributed by atoms with van der Waals surface area (Å²) in [4.78, 5) is 12.2. The molecule has 0 radical (unpaired) electrons. The number of carbonyl (C=O) groups excluding carboxylic acids is 1. The maximum atomic E-state index is 12.7. The molecule has 0 aliphatic carbocycles. The van der Waals surface area contributed by atoms with Crippen molar-refractivity contribution in [3.05, 3.63) is 42.0 Å². The average molecular weight is 470 g/mol. The van der Waals surface area contributed by atoms with Gasteiger partial charge in [0.2, 0.25) is 10.0 Å². The molecular formula is C18H16F6N2O4S. The fraction of sp³-hybridized carbons (Fsp3) is 0.389. The van der Waals surface area contributed by atoms with Crippen LogP contribution in [0.15, 0.2) is 41.3 Å². The van der Waals surface area contributed by atoms with Gasteiger partial charge in [-0.25, -0.2) is 17.9 Å². The van der Waals surface area contributed by atoms with E-state index in [2.05, 4.69) is 9.46 Å². The van der Waals surface area contributed by atoms with Gasteiger partial charge in [-0.15, -0.1) is 0 Å². The van der Waals surface area contributed by atoms with Crippen LogP contribution in [-0.4, -0.2) is 57.0 Å². The summed E-state index contributed by atoms with van der Waals surface area (Å²) in [6.45, 7) is 0.922. The average Bonchev–Trinajstić information content (AvgIpc) is 2.60. The number of likely N-dealkylation sites (tertiary alicyclic amines) is 1. The summed E-state index contributed by atoms with van der Waals surface area (Å²) >= 11 is 0. The lowest BCUT2D eigenvalue weighted by Crippen LogP contribution is -2.62. The highest BCUT2D eigenvalue weighted by Gasteiger charge is 2.60. The van der Waals surface area contributed by atoms with Crippen LogP contribution < -0.4 is 4.72 Å². The van der Waals surface area contributed by atoms with Crippen LogP contribution in [-0.2, 0) is 14.8 Å². The summed E-state index contributed by atoms with van der Waals surface area (Å²) in [5, 5.41) is 1.15. The van der Waals surface area contributed by atoms with Crippen LogP contribution in [0.3, 0.4) is 0 Å². The van der Waals surface area contributed by atoms with Crippen molar-refractivity contribution >= 4 is 26.9 Å². The molecule has 1 aliphatic heterocycles. The summed E-state index contributed by atoms with van der Waals surface area (Å²) < 4.78 is 106. The predicted octanol–water partition coefficient (Wildman–Crippen LogP) is 3.74. The molecule has 0 saturated carbocycles. The lowest BCUT2D eigenvalue weighted by molar-refractivity contribution is -0.308. The third-order valence-electron chi connectivity index (χ3n) is 4.67. The molecule has 0 aromatic heterocycles. The number of aryl methyl sites for hydroxylation is 1. The molecule has 170 valence electrons. The van der Waals surface area contributed by atoms with Gasteiger partial charge in [-0.05, 0) is 23.9 Å². The number of alkyl halides is 6. The highest BCUT2D eigenvalue weighted by Crippen LogP contribution is 2.36. The van der Waals surface area contributed by atoms with E-state index in [4.69, 9.17) is 0 Å². The van der Waals surface area contributed by atoms with Crippen LogP contribution >= 0.6 is 0 Å². The lowest BCUT2D eigenvalue weighted by atomic mass is 10.1. The van der Waals surface area contributed by atoms with Crippen molar-refractivity contribution < 1.29 is 44.3 Å². The Morgan fingerprint density at radius 2 is 1.58 bits per heavy atom. The summed E-state index contributed by atoms with van der Waals surface area (Å²) in [6.07, 6.45) is -17.8. The number of nitrogens with one attached hydrogen (secondary N) is 1. The van der Waals surface area contributed by atoms with Gasteiger partial charge < -0.3 is 9.64 Å². The summed E-state index contributed by atoms with van der Waals surface area (Å²) in [5.74, 6) is 0. The highest BCUT2D eigenvalue weighted by molar-refractivity contribution is 7.89. The number of hydrogen-bond donors (Lipinski definition) is 1. The molecule has 1 amide bonds. The van der Waals surface area contributed by atoms with Crippen LogP contribution in [0.4, 0.5) is 31.1 Å². The van der Waals surface area contributed by atoms with Gasteiger partial charge in [0.15, 0.2) is 0 Å². The monoisotopic (exact) mass is 470 g/mol. The van der Waals surface area contributed by atoms with Crippen molar-refractivity contribution in [3.63, 3.8) is 0 Å². The number of fused-ring (bicyclic) bond motifs is 1. The molecule has 0 bridgehead atoms. The van der Waals surface area contributed by atoms with E-state index in [9.17, 15) is 39.6 Å². The van der Waals surface area contributed by atoms with Gasteiger partial charge in [0.25, 0.3) is 6.10 Å². The van der Waals surface area contributed by atoms with Crippen LogP contribution in [0.5, 0.6) is 0 Å². The number of halogens is 6. The minimum Gasteiger partial charge on any atom is -0.426 e. The number of carbonyl (C=O) groups is 1. The topological polar surface area (TPSA) is 75.7 Å². The lowest BCUT2D eigenvalue weighted by Gasteiger charge is -2.39. The molecular weight excluding hydrogens is 454 g/mol. The van der Waals surface area contributed by atoms with Gasteiger partial charge in [0.05, 0.1) is 10.9 Å². The number of ether oxygens (including phenoxy) is 1. The Bertz CT molecular complexity index is 1080. The Balaban J connectivity index is 1.67. The number of sulfonamides is 1. The van der Waals surface area contributed by atoms with E-state index in [0.717, 1.165) is 5.56 Å². The van der Waals surface area contributed by atoms with Gasteiger partial charge in [0.1, 0.15) is 0 Å². The standard InChI is InChI=1S/C18H16F6N2O4S/c1-10-6-7-14(13-5-3-2-4-12(10)13)31(28,29)25-11-8-26(9-11)16(27)30-15(17(19,20)21)18(22,23)24/h2-7,11,15,25H,8-9H2,1H3. The van der Waals surface area contributed by atoms with E-state index in [0.29, 0.717) is 15.7 Å². The minimum absolute atomic E-state index is 0.0380. The fourth-order valence-electron chi connectivity index (χ4n) is 3.14. The van der Waals surface area contributed by atoms with E-state index >= 15 is 0 Å². The Labute approximate surface area is 172 Å². The van der Waals surface area contributed by atoms with E-state index in [1.54, 1.807) is 37.3 Å². The van der Waals surface area contributed by atoms with Crippen LogP contribution in [0.2, 0.25) is 0 Å². The second kappa shape index (κ2) is 7.86. The molecule has 31 heavy (non-hydrogen) atoms. The number of nitrogens with zero attached hydrogens (tertiary/aromatic N) is 1. The Morgan fingerprint density at radius 3 is 2.13 bits per heavy atom. The van der Waals surface area contributed by atoms with Crippen molar-refractivity contribution in [1.29, 1.82) is 0 Å². The van der Waals surface area contributed by atoms with Gasteiger partial charge in [-0.1, -0.05) is 30.3 Å². The van der Waals surface area contributed by atoms with Crippen molar-refractivity contribution in [3.8, 4) is 0 Å². The zero-order chi connectivity index (χ0) is 23.2. The number of hydrogen-bond acceptors (Lipinski definition) is 4. The maximum absolute atomic E-state index is 12.7. The van der Waals surface area contributed by atoms with E-state index in [1.807, 2.05) is 0 Å². The molecule has 1 heterocycles. The summed E-state index contributed by atoms with van der Waals surface area (Å²) in [6, 6.07) is 8.84. The SMILES string of the molecule is Cc1ccc(S(=O)(=O)NC2CN(C(=O)OC(C(F)(F)F)C(F)(F)F)C2)c2ccccc12. The third-order valence-corrected chi connectivity index (χ3v) is 6.25. The number of benzene rings is 2. The first-order valence-electron chi connectivity index (χ1n) is 8.80. The molecule has 6 nitrogen and oxygen atoms in total. The van der Waals surface area contributed by atoms with Gasteiger partial charge in [0, 0.05) is 18.5 Å². The van der Waals surface area contributed by atoms with Crippen molar-refractivity contribution in [1.82, 2.24) is 9.62 Å². The molecule has 0 unspecified atom stereocenters. The highest BCUT2D eigenvalue weighted by atomic mass is 32.2. The van der Waals surface area contributed by atoms with Crippen LogP contribution in [0.1, 0.15) is 5.56 Å². The van der Waals surface area contributed by atoms with E-state index < -0.39 is 53.7 Å². The number of rotatable bonds is 4. The molecule has 0 atom stereocenters. The second-order valence-electron chi connectivity index (χ2n) is 7.00. The molecule has 13 heteroatoms. The first-order chi connectivity index (χ1) is 14.2. The largest absolute Gasteiger partial charge is 0.434 e. The Morgan fingerprint density at radius 1 is 1.03 bits per heavy atom. The first-order valence-corrected chi connectivity index (χ1v) is 10.3. The van der Waals surface area contributed by atoms with Gasteiger partial charge >= 0.3 is 18.4 Å². The van der Waals surface area contributed by atoms with Gasteiger partial charge in [-0.2, -0.15) is 26.3 Å².